The van der Waals surface area contributed by atoms with E-state index in [1.165, 1.54) is 0 Å². The molecule has 0 aliphatic heterocycles. The zero-order chi connectivity index (χ0) is 8.36. The number of hydrogen-bond donors (Lipinski definition) is 2. The standard InChI is InChI=1S/C2H3ClF3NO2S/c3-1(10(8)9)7-2(4,5)6/h1,7H,(H,8,9). The molecule has 0 aromatic carbocycles. The first kappa shape index (κ1) is 10.2. The Labute approximate surface area is 61.8 Å². The molecule has 0 fully saturated rings. The summed E-state index contributed by atoms with van der Waals surface area (Å²) in [5.41, 5.74) is 0. The molecule has 0 amide bonds. The van der Waals surface area contributed by atoms with Gasteiger partial charge in [0, 0.05) is 0 Å². The van der Waals surface area contributed by atoms with E-state index in [1.54, 1.807) is 0 Å². The van der Waals surface area contributed by atoms with Crippen LogP contribution in [0.5, 0.6) is 0 Å². The third kappa shape index (κ3) is 4.98. The van der Waals surface area contributed by atoms with Crippen molar-refractivity contribution in [2.45, 2.75) is 11.1 Å². The minimum atomic E-state index is -4.73. The zero-order valence-electron chi connectivity index (χ0n) is 4.35. The lowest BCUT2D eigenvalue weighted by Gasteiger charge is -2.09. The summed E-state index contributed by atoms with van der Waals surface area (Å²) >= 11 is 2.00. The highest BCUT2D eigenvalue weighted by atomic mass is 35.5. The number of nitrogens with one attached hydrogen (secondary N) is 1. The molecule has 0 spiro atoms. The Bertz CT molecular complexity index is 139. The van der Waals surface area contributed by atoms with Crippen LogP contribution in [-0.4, -0.2) is 19.9 Å². The summed E-state index contributed by atoms with van der Waals surface area (Å²) in [7, 11) is 0. The first-order valence-electron chi connectivity index (χ1n) is 1.91. The van der Waals surface area contributed by atoms with Gasteiger partial charge in [0.15, 0.2) is 15.9 Å². The van der Waals surface area contributed by atoms with Crippen LogP contribution in [0.25, 0.3) is 0 Å². The average Bonchev–Trinajstić information content (AvgIpc) is 1.60. The topological polar surface area (TPSA) is 49.3 Å². The first-order chi connectivity index (χ1) is 4.33. The maximum Gasteiger partial charge on any atom is 0.459 e. The number of alkyl halides is 4. The lowest BCUT2D eigenvalue weighted by molar-refractivity contribution is -0.155. The molecule has 0 heterocycles. The summed E-state index contributed by atoms with van der Waals surface area (Å²) in [6.07, 6.45) is -4.73. The van der Waals surface area contributed by atoms with Gasteiger partial charge in [-0.05, 0) is 0 Å². The van der Waals surface area contributed by atoms with Gasteiger partial charge in [-0.1, -0.05) is 11.6 Å². The Morgan fingerprint density at radius 2 is 2.00 bits per heavy atom. The second-order valence-electron chi connectivity index (χ2n) is 1.23. The number of halogens is 4. The SMILES string of the molecule is O=S(O)C(Cl)NC(F)(F)F. The number of hydrogen-bond acceptors (Lipinski definition) is 2. The summed E-state index contributed by atoms with van der Waals surface area (Å²) in [4.78, 5) is -2.01. The van der Waals surface area contributed by atoms with Gasteiger partial charge in [0.1, 0.15) is 0 Å². The molecular formula is C2H3ClF3NO2S. The van der Waals surface area contributed by atoms with Crippen molar-refractivity contribution < 1.29 is 21.9 Å². The molecule has 2 atom stereocenters. The molecule has 0 saturated carbocycles. The summed E-state index contributed by atoms with van der Waals surface area (Å²) < 4.78 is 51.4. The normalized spacial score (nSPS) is 18.5. The molecule has 3 nitrogen and oxygen atoms in total. The van der Waals surface area contributed by atoms with Crippen LogP contribution in [-0.2, 0) is 11.1 Å². The van der Waals surface area contributed by atoms with Crippen LogP contribution in [0.2, 0.25) is 0 Å². The van der Waals surface area contributed by atoms with Gasteiger partial charge in [-0.25, -0.2) is 4.21 Å². The minimum Gasteiger partial charge on any atom is -0.304 e. The van der Waals surface area contributed by atoms with E-state index in [2.05, 4.69) is 0 Å². The Morgan fingerprint density at radius 3 is 2.10 bits per heavy atom. The Kier molecular flexibility index (Phi) is 3.57. The fourth-order valence-electron chi connectivity index (χ4n) is 0.179. The van der Waals surface area contributed by atoms with Gasteiger partial charge >= 0.3 is 6.30 Å². The van der Waals surface area contributed by atoms with Crippen molar-refractivity contribution in [1.82, 2.24) is 5.32 Å². The third-order valence-electron chi connectivity index (χ3n) is 0.454. The molecule has 0 radical (unpaired) electrons. The molecule has 0 aliphatic carbocycles. The van der Waals surface area contributed by atoms with Crippen molar-refractivity contribution in [3.63, 3.8) is 0 Å². The van der Waals surface area contributed by atoms with E-state index in [9.17, 15) is 17.4 Å². The second kappa shape index (κ2) is 3.51. The molecule has 0 rings (SSSR count). The fourth-order valence-corrected chi connectivity index (χ4v) is 0.537. The molecular weight excluding hydrogens is 195 g/mol. The van der Waals surface area contributed by atoms with Gasteiger partial charge in [0.05, 0.1) is 0 Å². The summed E-state index contributed by atoms with van der Waals surface area (Å²) in [5.74, 6) is 0. The maximum absolute atomic E-state index is 11.2. The van der Waals surface area contributed by atoms with Crippen molar-refractivity contribution in [1.29, 1.82) is 0 Å². The minimum absolute atomic E-state index is 0.734. The van der Waals surface area contributed by atoms with Crippen LogP contribution in [0.1, 0.15) is 0 Å². The van der Waals surface area contributed by atoms with Gasteiger partial charge in [-0.2, -0.15) is 18.5 Å². The van der Waals surface area contributed by atoms with Gasteiger partial charge in [0.2, 0.25) is 0 Å². The molecule has 8 heteroatoms. The third-order valence-corrected chi connectivity index (χ3v) is 1.49. The summed E-state index contributed by atoms with van der Waals surface area (Å²) in [6.45, 7) is 0. The first-order valence-corrected chi connectivity index (χ1v) is 3.52. The molecule has 10 heavy (non-hydrogen) atoms. The largest absolute Gasteiger partial charge is 0.459 e. The van der Waals surface area contributed by atoms with E-state index in [1.807, 2.05) is 0 Å². The average molecular weight is 198 g/mol. The zero-order valence-corrected chi connectivity index (χ0v) is 5.93. The van der Waals surface area contributed by atoms with Crippen molar-refractivity contribution in [3.8, 4) is 0 Å². The fraction of sp³-hybridized carbons (Fsp3) is 1.00. The van der Waals surface area contributed by atoms with E-state index >= 15 is 0 Å². The van der Waals surface area contributed by atoms with Crippen LogP contribution in [0.3, 0.4) is 0 Å². The second-order valence-corrected chi connectivity index (χ2v) is 2.95. The molecule has 0 bridgehead atoms. The van der Waals surface area contributed by atoms with Crippen molar-refractivity contribution in [2.75, 3.05) is 0 Å². The molecule has 2 N–H and O–H groups in total. The molecule has 2 unspecified atom stereocenters. The monoisotopic (exact) mass is 197 g/mol. The highest BCUT2D eigenvalue weighted by Crippen LogP contribution is 2.12. The quantitative estimate of drug-likeness (QED) is 0.392. The smallest absolute Gasteiger partial charge is 0.304 e. The van der Waals surface area contributed by atoms with E-state index in [0.717, 1.165) is 5.32 Å². The molecule has 0 saturated heterocycles. The van der Waals surface area contributed by atoms with Crippen LogP contribution in [0, 0.1) is 0 Å². The lowest BCUT2D eigenvalue weighted by atomic mass is 11.1. The van der Waals surface area contributed by atoms with Crippen LogP contribution in [0.15, 0.2) is 0 Å². The highest BCUT2D eigenvalue weighted by Gasteiger charge is 2.32. The van der Waals surface area contributed by atoms with E-state index in [-0.39, 0.29) is 0 Å². The molecule has 0 aliphatic rings. The van der Waals surface area contributed by atoms with Crippen molar-refractivity contribution in [3.05, 3.63) is 0 Å². The Balaban J connectivity index is 3.80. The van der Waals surface area contributed by atoms with Crippen molar-refractivity contribution in [2.24, 2.45) is 0 Å². The van der Waals surface area contributed by atoms with Gasteiger partial charge in [0.25, 0.3) is 0 Å². The number of rotatable bonds is 2. The van der Waals surface area contributed by atoms with Crippen molar-refractivity contribution >= 4 is 22.7 Å². The predicted molar refractivity (Wildman–Crippen MR) is 29.6 cm³/mol. The van der Waals surface area contributed by atoms with E-state index < -0.39 is 22.2 Å². The predicted octanol–water partition coefficient (Wildman–Crippen LogP) is 0.840. The van der Waals surface area contributed by atoms with Crippen LogP contribution < -0.4 is 5.32 Å². The Morgan fingerprint density at radius 1 is 1.60 bits per heavy atom. The van der Waals surface area contributed by atoms with Gasteiger partial charge < -0.3 is 4.55 Å². The lowest BCUT2D eigenvalue weighted by Crippen LogP contribution is -2.39. The van der Waals surface area contributed by atoms with Gasteiger partial charge in [-0.3, -0.25) is 0 Å². The van der Waals surface area contributed by atoms with E-state index in [0.29, 0.717) is 0 Å². The Hall–Kier alpha value is 0.150. The van der Waals surface area contributed by atoms with Crippen LogP contribution in [0.4, 0.5) is 13.2 Å². The van der Waals surface area contributed by atoms with E-state index in [4.69, 9.17) is 16.2 Å². The summed E-state index contributed by atoms with van der Waals surface area (Å²) in [6, 6.07) is 0. The molecule has 0 aromatic heterocycles. The maximum atomic E-state index is 11.2. The van der Waals surface area contributed by atoms with Crippen LogP contribution >= 0.6 is 11.6 Å². The molecule has 0 aromatic rings. The van der Waals surface area contributed by atoms with Gasteiger partial charge in [-0.15, -0.1) is 0 Å². The molecule has 62 valence electrons. The highest BCUT2D eigenvalue weighted by molar-refractivity contribution is 7.81. The summed E-state index contributed by atoms with van der Waals surface area (Å²) in [5, 5.41) is 0.734.